The molecule has 0 bridgehead atoms. The summed E-state index contributed by atoms with van der Waals surface area (Å²) in [7, 11) is 0. The molecule has 0 saturated carbocycles. The number of unbranched alkanes of at least 4 members (excludes halogenated alkanes) is 1. The number of benzene rings is 1. The Kier molecular flexibility index (Phi) is 8.56. The lowest BCUT2D eigenvalue weighted by atomic mass is 9.83. The normalized spacial score (nSPS) is 23.3. The van der Waals surface area contributed by atoms with Crippen molar-refractivity contribution in [3.05, 3.63) is 53.9 Å². The quantitative estimate of drug-likeness (QED) is 0.478. The molecule has 1 aromatic heterocycles. The number of pyridine rings is 1. The summed E-state index contributed by atoms with van der Waals surface area (Å²) < 4.78 is 17.0. The van der Waals surface area contributed by atoms with Gasteiger partial charge in [-0.25, -0.2) is 0 Å². The van der Waals surface area contributed by atoms with Crippen molar-refractivity contribution in [1.29, 1.82) is 0 Å². The average molecular weight is 524 g/mol. The minimum Gasteiger partial charge on any atom is -0.493 e. The summed E-state index contributed by atoms with van der Waals surface area (Å²) in [5.41, 5.74) is 2.87. The molecule has 3 atom stereocenters. The molecule has 2 aromatic rings. The van der Waals surface area contributed by atoms with Crippen LogP contribution in [0.15, 0.2) is 42.7 Å². The first-order valence-corrected chi connectivity index (χ1v) is 13.7. The smallest absolute Gasteiger partial charge is 0.308 e. The molecule has 0 radical (unpaired) electrons. The SMILES string of the molecule is CCCCN(C(=O)CN1CC(c2ccc3c(c2)CCO3)C(C(=O)O)C1CCC1OCCO1)c1cccnc1. The number of anilines is 1. The number of carbonyl (C=O) groups excluding carboxylic acids is 1. The van der Waals surface area contributed by atoms with E-state index in [2.05, 4.69) is 22.9 Å². The zero-order chi connectivity index (χ0) is 26.5. The van der Waals surface area contributed by atoms with Gasteiger partial charge in [0.05, 0.1) is 44.2 Å². The number of carbonyl (C=O) groups is 2. The van der Waals surface area contributed by atoms with Gasteiger partial charge < -0.3 is 24.2 Å². The van der Waals surface area contributed by atoms with Crippen molar-refractivity contribution in [1.82, 2.24) is 9.88 Å². The largest absolute Gasteiger partial charge is 0.493 e. The van der Waals surface area contributed by atoms with E-state index in [4.69, 9.17) is 14.2 Å². The zero-order valence-corrected chi connectivity index (χ0v) is 22.0. The predicted molar refractivity (Wildman–Crippen MR) is 141 cm³/mol. The number of hydrogen-bond acceptors (Lipinski definition) is 7. The van der Waals surface area contributed by atoms with Gasteiger partial charge in [-0.15, -0.1) is 0 Å². The van der Waals surface area contributed by atoms with Crippen molar-refractivity contribution in [2.24, 2.45) is 5.92 Å². The Morgan fingerprint density at radius 3 is 2.74 bits per heavy atom. The second-order valence-electron chi connectivity index (χ2n) is 10.3. The van der Waals surface area contributed by atoms with Crippen LogP contribution >= 0.6 is 0 Å². The maximum absolute atomic E-state index is 13.7. The molecule has 2 fully saturated rings. The Labute approximate surface area is 223 Å². The van der Waals surface area contributed by atoms with Crippen molar-refractivity contribution in [2.75, 3.05) is 44.4 Å². The van der Waals surface area contributed by atoms with E-state index in [9.17, 15) is 14.7 Å². The first-order chi connectivity index (χ1) is 18.5. The van der Waals surface area contributed by atoms with E-state index in [-0.39, 0.29) is 30.7 Å². The van der Waals surface area contributed by atoms with E-state index in [0.29, 0.717) is 45.8 Å². The van der Waals surface area contributed by atoms with E-state index in [1.165, 1.54) is 0 Å². The third-order valence-electron chi connectivity index (χ3n) is 7.90. The standard InChI is InChI=1S/C29H37N3O6/c1-2-3-12-32(22-5-4-11-30-17-22)26(33)19-31-18-23(20-6-8-25-21(16-20)10-13-36-25)28(29(34)35)24(31)7-9-27-37-14-15-38-27/h4-6,8,11,16-17,23-24,27-28H,2-3,7,9-10,12-15,18-19H2,1H3,(H,34,35). The number of nitrogens with zero attached hydrogens (tertiary/aromatic N) is 3. The molecule has 2 saturated heterocycles. The van der Waals surface area contributed by atoms with E-state index in [1.54, 1.807) is 17.3 Å². The van der Waals surface area contributed by atoms with E-state index < -0.39 is 11.9 Å². The minimum atomic E-state index is -0.838. The van der Waals surface area contributed by atoms with Gasteiger partial charge in [0.1, 0.15) is 5.75 Å². The Hall–Kier alpha value is -3.01. The van der Waals surface area contributed by atoms with Gasteiger partial charge in [-0.05, 0) is 48.6 Å². The molecule has 204 valence electrons. The number of likely N-dealkylation sites (tertiary alicyclic amines) is 1. The molecule has 5 rings (SSSR count). The van der Waals surface area contributed by atoms with Gasteiger partial charge in [0.2, 0.25) is 5.91 Å². The molecule has 0 spiro atoms. The lowest BCUT2D eigenvalue weighted by molar-refractivity contribution is -0.143. The van der Waals surface area contributed by atoms with Crippen LogP contribution in [-0.4, -0.2) is 78.7 Å². The second kappa shape index (κ2) is 12.2. The Morgan fingerprint density at radius 1 is 1.16 bits per heavy atom. The fraction of sp³-hybridized carbons (Fsp3) is 0.552. The summed E-state index contributed by atoms with van der Waals surface area (Å²) in [6.07, 6.45) is 6.90. The minimum absolute atomic E-state index is 0.0445. The van der Waals surface area contributed by atoms with Gasteiger partial charge in [-0.2, -0.15) is 0 Å². The lowest BCUT2D eigenvalue weighted by Crippen LogP contribution is -2.44. The lowest BCUT2D eigenvalue weighted by Gasteiger charge is -2.30. The molecule has 9 heteroatoms. The molecule has 0 aliphatic carbocycles. The third kappa shape index (κ3) is 5.85. The number of aromatic nitrogens is 1. The van der Waals surface area contributed by atoms with Crippen molar-refractivity contribution in [2.45, 2.75) is 57.3 Å². The van der Waals surface area contributed by atoms with Gasteiger partial charge in [0.15, 0.2) is 6.29 Å². The summed E-state index contributed by atoms with van der Waals surface area (Å²) >= 11 is 0. The van der Waals surface area contributed by atoms with Crippen molar-refractivity contribution in [3.63, 3.8) is 0 Å². The maximum Gasteiger partial charge on any atom is 0.308 e. The monoisotopic (exact) mass is 523 g/mol. The maximum atomic E-state index is 13.7. The summed E-state index contributed by atoms with van der Waals surface area (Å²) in [6.45, 7) is 5.09. The van der Waals surface area contributed by atoms with Crippen molar-refractivity contribution < 1.29 is 28.9 Å². The summed E-state index contributed by atoms with van der Waals surface area (Å²) in [5.74, 6) is -0.885. The highest BCUT2D eigenvalue weighted by Crippen LogP contribution is 2.41. The Morgan fingerprint density at radius 2 is 2.00 bits per heavy atom. The van der Waals surface area contributed by atoms with Crippen LogP contribution in [0.2, 0.25) is 0 Å². The molecule has 3 aliphatic rings. The van der Waals surface area contributed by atoms with E-state index >= 15 is 0 Å². The molecule has 38 heavy (non-hydrogen) atoms. The highest BCUT2D eigenvalue weighted by Gasteiger charge is 2.47. The number of carboxylic acid groups (broad SMARTS) is 1. The van der Waals surface area contributed by atoms with Crippen LogP contribution in [0.25, 0.3) is 0 Å². The van der Waals surface area contributed by atoms with Crippen LogP contribution in [0.3, 0.4) is 0 Å². The Bertz CT molecular complexity index is 1110. The van der Waals surface area contributed by atoms with Gasteiger partial charge in [-0.3, -0.25) is 19.5 Å². The fourth-order valence-corrected chi connectivity index (χ4v) is 5.99. The molecule has 1 N–H and O–H groups in total. The van der Waals surface area contributed by atoms with E-state index in [1.807, 2.05) is 24.3 Å². The number of carboxylic acids is 1. The summed E-state index contributed by atoms with van der Waals surface area (Å²) in [5, 5.41) is 10.4. The van der Waals surface area contributed by atoms with Crippen LogP contribution in [0, 0.1) is 5.92 Å². The number of aliphatic carboxylic acids is 1. The van der Waals surface area contributed by atoms with Crippen LogP contribution in [0.5, 0.6) is 5.75 Å². The third-order valence-corrected chi connectivity index (χ3v) is 7.90. The number of ether oxygens (including phenoxy) is 3. The molecule has 1 amide bonds. The highest BCUT2D eigenvalue weighted by atomic mass is 16.7. The number of amides is 1. The highest BCUT2D eigenvalue weighted by molar-refractivity contribution is 5.94. The zero-order valence-electron chi connectivity index (χ0n) is 22.0. The first kappa shape index (κ1) is 26.6. The predicted octanol–water partition coefficient (Wildman–Crippen LogP) is 3.47. The average Bonchev–Trinajstić information content (AvgIpc) is 3.68. The van der Waals surface area contributed by atoms with Gasteiger partial charge in [-0.1, -0.05) is 25.5 Å². The Balaban J connectivity index is 1.41. The number of fused-ring (bicyclic) bond motifs is 1. The van der Waals surface area contributed by atoms with Crippen molar-refractivity contribution >= 4 is 17.6 Å². The van der Waals surface area contributed by atoms with Gasteiger partial charge in [0.25, 0.3) is 0 Å². The van der Waals surface area contributed by atoms with Crippen LogP contribution in [0.1, 0.15) is 49.7 Å². The molecular weight excluding hydrogens is 486 g/mol. The second-order valence-corrected chi connectivity index (χ2v) is 10.3. The van der Waals surface area contributed by atoms with Crippen LogP contribution in [0.4, 0.5) is 5.69 Å². The van der Waals surface area contributed by atoms with Crippen LogP contribution < -0.4 is 9.64 Å². The van der Waals surface area contributed by atoms with Gasteiger partial charge >= 0.3 is 5.97 Å². The molecule has 9 nitrogen and oxygen atoms in total. The molecular formula is C29H37N3O6. The topological polar surface area (TPSA) is 101 Å². The van der Waals surface area contributed by atoms with Gasteiger partial charge in [0, 0.05) is 37.7 Å². The molecule has 4 heterocycles. The van der Waals surface area contributed by atoms with E-state index in [0.717, 1.165) is 41.8 Å². The molecule has 3 unspecified atom stereocenters. The molecule has 3 aliphatic heterocycles. The summed E-state index contributed by atoms with van der Waals surface area (Å²) in [6, 6.07) is 9.44. The van der Waals surface area contributed by atoms with Crippen LogP contribution in [-0.2, 0) is 25.5 Å². The molecule has 1 aromatic carbocycles. The number of rotatable bonds is 11. The first-order valence-electron chi connectivity index (χ1n) is 13.7. The summed E-state index contributed by atoms with van der Waals surface area (Å²) in [4.78, 5) is 34.5. The fourth-order valence-electron chi connectivity index (χ4n) is 5.99. The number of hydrogen-bond donors (Lipinski definition) is 1. The van der Waals surface area contributed by atoms with Crippen molar-refractivity contribution in [3.8, 4) is 5.75 Å².